The average molecular weight is 523 g/mol. The predicted molar refractivity (Wildman–Crippen MR) is 168 cm³/mol. The van der Waals surface area contributed by atoms with Gasteiger partial charge in [-0.3, -0.25) is 0 Å². The van der Waals surface area contributed by atoms with Crippen molar-refractivity contribution in [3.63, 3.8) is 0 Å². The molecule has 0 N–H and O–H groups in total. The molecule has 2 nitrogen and oxygen atoms in total. The maximum absolute atomic E-state index is 5.50. The molecule has 0 amide bonds. The van der Waals surface area contributed by atoms with E-state index in [4.69, 9.17) is 9.97 Å². The smallest absolute Gasteiger partial charge is 0.160 e. The molecule has 41 heavy (non-hydrogen) atoms. The molecule has 192 valence electrons. The molecule has 0 saturated heterocycles. The molecule has 2 heteroatoms. The van der Waals surface area contributed by atoms with Crippen LogP contribution in [0, 0.1) is 0 Å². The molecule has 0 unspecified atom stereocenters. The fourth-order valence-corrected chi connectivity index (χ4v) is 6.61. The van der Waals surface area contributed by atoms with Crippen LogP contribution < -0.4 is 0 Å². The van der Waals surface area contributed by atoms with E-state index in [1.165, 1.54) is 33.0 Å². The largest absolute Gasteiger partial charge is 0.231 e. The van der Waals surface area contributed by atoms with Crippen LogP contribution >= 0.6 is 0 Å². The minimum Gasteiger partial charge on any atom is -0.231 e. The highest BCUT2D eigenvalue weighted by Gasteiger charge is 2.49. The van der Waals surface area contributed by atoms with Gasteiger partial charge in [-0.2, -0.15) is 0 Å². The molecular formula is C39H26N2. The second kappa shape index (κ2) is 9.39. The van der Waals surface area contributed by atoms with Gasteiger partial charge in [0.1, 0.15) is 0 Å². The highest BCUT2D eigenvalue weighted by atomic mass is 14.9. The van der Waals surface area contributed by atoms with Gasteiger partial charge in [0.05, 0.1) is 16.8 Å². The standard InChI is InChI=1S/C39H26N2/c1-4-16-28(17-5-1)38-40-36(32-25-14-18-27-15-10-11-23-31(27)32)35-33-24-12-13-26-34(33)39(37(35)41-38,29-19-6-2-7-20-29)30-21-8-3-9-22-30/h1-26H. The number of hydrogen-bond acceptors (Lipinski definition) is 2. The van der Waals surface area contributed by atoms with E-state index in [-0.39, 0.29) is 0 Å². The van der Waals surface area contributed by atoms with E-state index in [2.05, 4.69) is 152 Å². The Bertz CT molecular complexity index is 1990. The minimum absolute atomic E-state index is 0.597. The van der Waals surface area contributed by atoms with Crippen molar-refractivity contribution in [2.24, 2.45) is 0 Å². The lowest BCUT2D eigenvalue weighted by atomic mass is 9.69. The molecule has 0 radical (unpaired) electrons. The van der Waals surface area contributed by atoms with Gasteiger partial charge < -0.3 is 0 Å². The zero-order valence-corrected chi connectivity index (χ0v) is 22.4. The van der Waals surface area contributed by atoms with E-state index in [1.807, 2.05) is 6.07 Å². The zero-order chi connectivity index (χ0) is 27.2. The van der Waals surface area contributed by atoms with Gasteiger partial charge >= 0.3 is 0 Å². The van der Waals surface area contributed by atoms with Crippen molar-refractivity contribution < 1.29 is 0 Å². The quantitative estimate of drug-likeness (QED) is 0.230. The van der Waals surface area contributed by atoms with Crippen LogP contribution in [0.2, 0.25) is 0 Å². The van der Waals surface area contributed by atoms with Gasteiger partial charge in [0, 0.05) is 16.7 Å². The number of nitrogens with zero attached hydrogens (tertiary/aromatic N) is 2. The van der Waals surface area contributed by atoms with Crippen LogP contribution in [0.1, 0.15) is 22.4 Å². The highest BCUT2D eigenvalue weighted by molar-refractivity contribution is 6.02. The van der Waals surface area contributed by atoms with Crippen molar-refractivity contribution in [3.8, 4) is 33.8 Å². The van der Waals surface area contributed by atoms with E-state index >= 15 is 0 Å². The molecule has 1 aliphatic rings. The normalized spacial score (nSPS) is 13.1. The van der Waals surface area contributed by atoms with Gasteiger partial charge in [-0.1, -0.05) is 158 Å². The van der Waals surface area contributed by atoms with Gasteiger partial charge in [-0.05, 0) is 33.0 Å². The molecule has 6 aromatic carbocycles. The molecule has 8 rings (SSSR count). The van der Waals surface area contributed by atoms with Crippen LogP contribution in [0.4, 0.5) is 0 Å². The fraction of sp³-hybridized carbons (Fsp3) is 0.0256. The Kier molecular flexibility index (Phi) is 5.39. The molecule has 0 saturated carbocycles. The van der Waals surface area contributed by atoms with Crippen molar-refractivity contribution in [1.29, 1.82) is 0 Å². The third kappa shape index (κ3) is 3.51. The molecule has 0 fully saturated rings. The molecule has 0 atom stereocenters. The second-order valence-corrected chi connectivity index (χ2v) is 10.5. The van der Waals surface area contributed by atoms with Crippen LogP contribution in [-0.4, -0.2) is 9.97 Å². The number of benzene rings is 6. The summed E-state index contributed by atoms with van der Waals surface area (Å²) < 4.78 is 0. The van der Waals surface area contributed by atoms with Gasteiger partial charge in [-0.25, -0.2) is 9.97 Å². The summed E-state index contributed by atoms with van der Waals surface area (Å²) in [5, 5.41) is 2.38. The third-order valence-corrected chi connectivity index (χ3v) is 8.35. The Morgan fingerprint density at radius 2 is 1.00 bits per heavy atom. The molecule has 0 spiro atoms. The summed E-state index contributed by atoms with van der Waals surface area (Å²) in [6.07, 6.45) is 0. The molecule has 0 aliphatic heterocycles. The zero-order valence-electron chi connectivity index (χ0n) is 22.4. The molecule has 1 aromatic heterocycles. The summed E-state index contributed by atoms with van der Waals surface area (Å²) in [7, 11) is 0. The van der Waals surface area contributed by atoms with Gasteiger partial charge in [0.2, 0.25) is 0 Å². The van der Waals surface area contributed by atoms with Crippen LogP contribution in [0.3, 0.4) is 0 Å². The summed E-state index contributed by atoms with van der Waals surface area (Å²) in [5.41, 5.74) is 9.40. The average Bonchev–Trinajstić information content (AvgIpc) is 3.36. The first-order valence-corrected chi connectivity index (χ1v) is 14.0. The number of hydrogen-bond donors (Lipinski definition) is 0. The fourth-order valence-electron chi connectivity index (χ4n) is 6.61. The van der Waals surface area contributed by atoms with Gasteiger partial charge in [-0.15, -0.1) is 0 Å². The summed E-state index contributed by atoms with van der Waals surface area (Å²) in [6.45, 7) is 0. The monoisotopic (exact) mass is 522 g/mol. The lowest BCUT2D eigenvalue weighted by Crippen LogP contribution is -2.30. The number of fused-ring (bicyclic) bond motifs is 4. The summed E-state index contributed by atoms with van der Waals surface area (Å²) in [4.78, 5) is 10.9. The molecule has 1 heterocycles. The van der Waals surface area contributed by atoms with Crippen LogP contribution in [0.15, 0.2) is 158 Å². The molecule has 1 aliphatic carbocycles. The highest BCUT2D eigenvalue weighted by Crippen LogP contribution is 2.57. The summed E-state index contributed by atoms with van der Waals surface area (Å²) in [5.74, 6) is 0.733. The van der Waals surface area contributed by atoms with Crippen molar-refractivity contribution >= 4 is 10.8 Å². The third-order valence-electron chi connectivity index (χ3n) is 8.35. The van der Waals surface area contributed by atoms with Crippen molar-refractivity contribution in [1.82, 2.24) is 9.97 Å². The van der Waals surface area contributed by atoms with E-state index < -0.39 is 5.41 Å². The van der Waals surface area contributed by atoms with E-state index in [0.717, 1.165) is 33.9 Å². The van der Waals surface area contributed by atoms with Crippen LogP contribution in [0.5, 0.6) is 0 Å². The Morgan fingerprint density at radius 3 is 1.73 bits per heavy atom. The minimum atomic E-state index is -0.597. The van der Waals surface area contributed by atoms with Crippen molar-refractivity contribution in [2.45, 2.75) is 5.41 Å². The first-order valence-electron chi connectivity index (χ1n) is 14.0. The summed E-state index contributed by atoms with van der Waals surface area (Å²) in [6, 6.07) is 55.9. The number of rotatable bonds is 4. The van der Waals surface area contributed by atoms with Crippen LogP contribution in [0.25, 0.3) is 44.5 Å². The SMILES string of the molecule is c1ccc(-c2nc(-c3cccc4ccccc34)c3c(n2)C(c2ccccc2)(c2ccccc2)c2ccccc2-3)cc1. The maximum atomic E-state index is 5.50. The maximum Gasteiger partial charge on any atom is 0.160 e. The van der Waals surface area contributed by atoms with E-state index in [9.17, 15) is 0 Å². The lowest BCUT2D eigenvalue weighted by molar-refractivity contribution is 0.736. The Labute approximate surface area is 239 Å². The van der Waals surface area contributed by atoms with E-state index in [0.29, 0.717) is 0 Å². The second-order valence-electron chi connectivity index (χ2n) is 10.5. The first-order chi connectivity index (χ1) is 20.4. The molecule has 0 bridgehead atoms. The topological polar surface area (TPSA) is 25.8 Å². The van der Waals surface area contributed by atoms with E-state index in [1.54, 1.807) is 0 Å². The van der Waals surface area contributed by atoms with Crippen molar-refractivity contribution in [3.05, 3.63) is 180 Å². The molecular weight excluding hydrogens is 496 g/mol. The van der Waals surface area contributed by atoms with Crippen molar-refractivity contribution in [2.75, 3.05) is 0 Å². The Balaban J connectivity index is 1.58. The summed E-state index contributed by atoms with van der Waals surface area (Å²) >= 11 is 0. The first kappa shape index (κ1) is 23.5. The van der Waals surface area contributed by atoms with Gasteiger partial charge in [0.25, 0.3) is 0 Å². The van der Waals surface area contributed by atoms with Crippen LogP contribution in [-0.2, 0) is 5.41 Å². The lowest BCUT2D eigenvalue weighted by Gasteiger charge is -2.33. The Morgan fingerprint density at radius 1 is 0.439 bits per heavy atom. The van der Waals surface area contributed by atoms with Gasteiger partial charge in [0.15, 0.2) is 5.82 Å². The number of aromatic nitrogens is 2. The molecule has 7 aromatic rings. The predicted octanol–water partition coefficient (Wildman–Crippen LogP) is 9.33. The Hall–Kier alpha value is -5.34.